The predicted molar refractivity (Wildman–Crippen MR) is 124 cm³/mol. The molecule has 0 aliphatic carbocycles. The Morgan fingerprint density at radius 3 is 2.24 bits per heavy atom. The number of hydrogen-bond donors (Lipinski definition) is 0. The summed E-state index contributed by atoms with van der Waals surface area (Å²) in [5.74, 6) is 1.47. The molecule has 3 aromatic carbocycles. The Morgan fingerprint density at radius 2 is 1.48 bits per heavy atom. The van der Waals surface area contributed by atoms with E-state index in [9.17, 15) is 0 Å². The Balaban J connectivity index is 1.63. The molecule has 1 aromatic heterocycles. The number of benzene rings is 3. The average molecular weight is 455 g/mol. The SMILES string of the molecule is Clc1ccc(SCc2cc(Sc3cccc(Cl)c3)nc(-c3ccccc3)n2)cc1. The van der Waals surface area contributed by atoms with Crippen molar-refractivity contribution in [2.45, 2.75) is 20.6 Å². The molecule has 29 heavy (non-hydrogen) atoms. The van der Waals surface area contributed by atoms with Crippen LogP contribution in [0.5, 0.6) is 0 Å². The van der Waals surface area contributed by atoms with E-state index in [0.29, 0.717) is 5.02 Å². The van der Waals surface area contributed by atoms with Gasteiger partial charge in [0.15, 0.2) is 5.82 Å². The predicted octanol–water partition coefficient (Wildman–Crippen LogP) is 7.89. The highest BCUT2D eigenvalue weighted by Crippen LogP contribution is 2.31. The van der Waals surface area contributed by atoms with Gasteiger partial charge in [0, 0.05) is 31.2 Å². The van der Waals surface area contributed by atoms with E-state index >= 15 is 0 Å². The summed E-state index contributed by atoms with van der Waals surface area (Å²) in [4.78, 5) is 11.8. The van der Waals surface area contributed by atoms with Gasteiger partial charge in [0.25, 0.3) is 0 Å². The zero-order chi connectivity index (χ0) is 20.1. The fourth-order valence-corrected chi connectivity index (χ4v) is 4.73. The number of halogens is 2. The van der Waals surface area contributed by atoms with Crippen molar-refractivity contribution in [2.75, 3.05) is 0 Å². The van der Waals surface area contributed by atoms with Crippen LogP contribution in [-0.4, -0.2) is 9.97 Å². The van der Waals surface area contributed by atoms with Crippen molar-refractivity contribution in [3.05, 3.63) is 101 Å². The second-order valence-corrected chi connectivity index (χ2v) is 9.20. The quantitative estimate of drug-likeness (QED) is 0.218. The summed E-state index contributed by atoms with van der Waals surface area (Å²) in [6, 6.07) is 27.7. The summed E-state index contributed by atoms with van der Waals surface area (Å²) in [6.45, 7) is 0. The third-order valence-electron chi connectivity index (χ3n) is 4.01. The van der Waals surface area contributed by atoms with E-state index in [1.807, 2.05) is 84.9 Å². The molecule has 0 aliphatic rings. The molecule has 0 spiro atoms. The van der Waals surface area contributed by atoms with Crippen molar-refractivity contribution in [3.63, 3.8) is 0 Å². The maximum atomic E-state index is 6.14. The number of thioether (sulfide) groups is 1. The first-order chi connectivity index (χ1) is 14.2. The third kappa shape index (κ3) is 5.77. The minimum Gasteiger partial charge on any atom is -0.232 e. The minimum atomic E-state index is 0.714. The van der Waals surface area contributed by atoms with Gasteiger partial charge in [-0.3, -0.25) is 0 Å². The molecule has 0 amide bonds. The summed E-state index contributed by atoms with van der Waals surface area (Å²) >= 11 is 15.4. The topological polar surface area (TPSA) is 25.8 Å². The van der Waals surface area contributed by atoms with Gasteiger partial charge in [-0.25, -0.2) is 9.97 Å². The van der Waals surface area contributed by atoms with Crippen LogP contribution in [0.3, 0.4) is 0 Å². The monoisotopic (exact) mass is 454 g/mol. The van der Waals surface area contributed by atoms with Crippen molar-refractivity contribution >= 4 is 46.7 Å². The fourth-order valence-electron chi connectivity index (χ4n) is 2.65. The molecule has 0 saturated heterocycles. The van der Waals surface area contributed by atoms with E-state index in [0.717, 1.165) is 42.7 Å². The molecule has 0 fully saturated rings. The van der Waals surface area contributed by atoms with E-state index in [-0.39, 0.29) is 0 Å². The summed E-state index contributed by atoms with van der Waals surface area (Å²) in [5.41, 5.74) is 1.97. The van der Waals surface area contributed by atoms with Gasteiger partial charge in [-0.1, -0.05) is 71.4 Å². The molecule has 144 valence electrons. The van der Waals surface area contributed by atoms with E-state index in [4.69, 9.17) is 33.2 Å². The zero-order valence-corrected chi connectivity index (χ0v) is 18.4. The summed E-state index contributed by atoms with van der Waals surface area (Å²) < 4.78 is 0. The smallest absolute Gasteiger partial charge is 0.160 e. The molecule has 0 saturated carbocycles. The lowest BCUT2D eigenvalue weighted by Crippen LogP contribution is -1.96. The highest BCUT2D eigenvalue weighted by molar-refractivity contribution is 7.99. The molecule has 6 heteroatoms. The Bertz CT molecular complexity index is 1100. The summed E-state index contributed by atoms with van der Waals surface area (Å²) in [6.07, 6.45) is 0. The molecule has 0 aliphatic heterocycles. The minimum absolute atomic E-state index is 0.714. The lowest BCUT2D eigenvalue weighted by atomic mass is 10.2. The van der Waals surface area contributed by atoms with Gasteiger partial charge < -0.3 is 0 Å². The molecule has 1 heterocycles. The lowest BCUT2D eigenvalue weighted by Gasteiger charge is -2.09. The van der Waals surface area contributed by atoms with Crippen molar-refractivity contribution in [2.24, 2.45) is 0 Å². The van der Waals surface area contributed by atoms with E-state index in [2.05, 4.69) is 0 Å². The standard InChI is InChI=1S/C23H16Cl2N2S2/c24-17-9-11-20(12-10-17)28-15-19-14-22(29-21-8-4-7-18(25)13-21)27-23(26-19)16-5-2-1-3-6-16/h1-14H,15H2. The van der Waals surface area contributed by atoms with Gasteiger partial charge in [-0.2, -0.15) is 0 Å². The van der Waals surface area contributed by atoms with E-state index in [1.165, 1.54) is 0 Å². The molecule has 4 rings (SSSR count). The van der Waals surface area contributed by atoms with Crippen molar-refractivity contribution in [1.29, 1.82) is 0 Å². The van der Waals surface area contributed by atoms with Crippen LogP contribution in [0.15, 0.2) is 99.7 Å². The molecule has 0 N–H and O–H groups in total. The van der Waals surface area contributed by atoms with Gasteiger partial charge in [0.05, 0.1) is 5.69 Å². The Kier molecular flexibility index (Phi) is 6.78. The second-order valence-electron chi connectivity index (χ2n) is 6.19. The molecule has 0 bridgehead atoms. The molecule has 0 unspecified atom stereocenters. The number of hydrogen-bond acceptors (Lipinski definition) is 4. The van der Waals surface area contributed by atoms with Gasteiger partial charge in [-0.15, -0.1) is 11.8 Å². The van der Waals surface area contributed by atoms with Crippen LogP contribution in [-0.2, 0) is 5.75 Å². The molecule has 0 radical (unpaired) electrons. The van der Waals surface area contributed by atoms with Gasteiger partial charge in [0.1, 0.15) is 5.03 Å². The highest BCUT2D eigenvalue weighted by atomic mass is 35.5. The normalized spacial score (nSPS) is 10.8. The summed E-state index contributed by atoms with van der Waals surface area (Å²) in [5, 5.41) is 2.35. The first kappa shape index (κ1) is 20.3. The second kappa shape index (κ2) is 9.68. The first-order valence-electron chi connectivity index (χ1n) is 8.91. The van der Waals surface area contributed by atoms with Crippen LogP contribution in [0.25, 0.3) is 11.4 Å². The number of rotatable bonds is 6. The van der Waals surface area contributed by atoms with E-state index in [1.54, 1.807) is 23.5 Å². The molecule has 4 aromatic rings. The van der Waals surface area contributed by atoms with Crippen molar-refractivity contribution < 1.29 is 0 Å². The number of aromatic nitrogens is 2. The van der Waals surface area contributed by atoms with Crippen LogP contribution < -0.4 is 0 Å². The Hall–Kier alpha value is -1.98. The Morgan fingerprint density at radius 1 is 0.690 bits per heavy atom. The summed E-state index contributed by atoms with van der Waals surface area (Å²) in [7, 11) is 0. The molecular formula is C23H16Cl2N2S2. The highest BCUT2D eigenvalue weighted by Gasteiger charge is 2.09. The largest absolute Gasteiger partial charge is 0.232 e. The maximum Gasteiger partial charge on any atom is 0.160 e. The molecule has 2 nitrogen and oxygen atoms in total. The van der Waals surface area contributed by atoms with Crippen LogP contribution in [0.1, 0.15) is 5.69 Å². The fraction of sp³-hybridized carbons (Fsp3) is 0.0435. The third-order valence-corrected chi connectivity index (χ3v) is 6.45. The van der Waals surface area contributed by atoms with Gasteiger partial charge in [0.2, 0.25) is 0 Å². The molecular weight excluding hydrogens is 439 g/mol. The van der Waals surface area contributed by atoms with Crippen molar-refractivity contribution in [1.82, 2.24) is 9.97 Å². The first-order valence-corrected chi connectivity index (χ1v) is 11.5. The van der Waals surface area contributed by atoms with Gasteiger partial charge in [-0.05, 0) is 48.5 Å². The Labute approximate surface area is 188 Å². The van der Waals surface area contributed by atoms with Gasteiger partial charge >= 0.3 is 0 Å². The van der Waals surface area contributed by atoms with Crippen LogP contribution in [0.4, 0.5) is 0 Å². The van der Waals surface area contributed by atoms with Crippen LogP contribution in [0, 0.1) is 0 Å². The van der Waals surface area contributed by atoms with Crippen molar-refractivity contribution in [3.8, 4) is 11.4 Å². The zero-order valence-electron chi connectivity index (χ0n) is 15.3. The average Bonchev–Trinajstić information content (AvgIpc) is 2.74. The van der Waals surface area contributed by atoms with E-state index < -0.39 is 0 Å². The number of nitrogens with zero attached hydrogens (tertiary/aromatic N) is 2. The van der Waals surface area contributed by atoms with Crippen LogP contribution in [0.2, 0.25) is 10.0 Å². The molecule has 0 atom stereocenters. The van der Waals surface area contributed by atoms with Crippen LogP contribution >= 0.6 is 46.7 Å². The lowest BCUT2D eigenvalue weighted by molar-refractivity contribution is 1.01. The maximum absolute atomic E-state index is 6.14.